The van der Waals surface area contributed by atoms with Gasteiger partial charge in [-0.25, -0.2) is 4.99 Å². The molecule has 1 aliphatic heterocycles. The van der Waals surface area contributed by atoms with E-state index in [0.29, 0.717) is 0 Å². The van der Waals surface area contributed by atoms with Crippen LogP contribution in [0.5, 0.6) is 0 Å². The lowest BCUT2D eigenvalue weighted by Crippen LogP contribution is -1.81. The molecule has 0 atom stereocenters. The van der Waals surface area contributed by atoms with E-state index in [0.717, 1.165) is 10.5 Å². The maximum atomic E-state index is 4.01. The molecule has 0 radical (unpaired) electrons. The van der Waals surface area contributed by atoms with E-state index in [-0.39, 0.29) is 0 Å². The van der Waals surface area contributed by atoms with Gasteiger partial charge in [-0.15, -0.1) is 0 Å². The first-order chi connectivity index (χ1) is 5.47. The van der Waals surface area contributed by atoms with Gasteiger partial charge in [-0.05, 0) is 6.07 Å². The molecule has 1 aliphatic rings. The number of rotatable bonds is 0. The molecule has 0 aliphatic carbocycles. The van der Waals surface area contributed by atoms with Crippen molar-refractivity contribution in [1.29, 1.82) is 0 Å². The van der Waals surface area contributed by atoms with Crippen molar-refractivity contribution in [2.45, 2.75) is 4.90 Å². The average Bonchev–Trinajstić information content (AvgIpc) is 2.28. The Kier molecular flexibility index (Phi) is 1.73. The number of aliphatic imine (C=N–C) groups is 1. The van der Waals surface area contributed by atoms with Crippen molar-refractivity contribution in [1.82, 2.24) is 0 Å². The molecule has 0 amide bonds. The van der Waals surface area contributed by atoms with Crippen molar-refractivity contribution >= 4 is 24.5 Å². The molecular formula is C8H6N2S. The molecule has 0 saturated heterocycles. The number of hydrogen-bond acceptors (Lipinski definition) is 3. The quantitative estimate of drug-likeness (QED) is 0.536. The van der Waals surface area contributed by atoms with Gasteiger partial charge in [-0.1, -0.05) is 18.2 Å². The van der Waals surface area contributed by atoms with E-state index in [1.807, 2.05) is 30.5 Å². The molecule has 54 valence electrons. The molecule has 3 heteroatoms. The molecule has 2 rings (SSSR count). The Morgan fingerprint density at radius 1 is 1.18 bits per heavy atom. The molecule has 1 aromatic rings. The lowest BCUT2D eigenvalue weighted by Gasteiger charge is -1.96. The monoisotopic (exact) mass is 162 g/mol. The Labute approximate surface area is 69.2 Å². The summed E-state index contributed by atoms with van der Waals surface area (Å²) in [4.78, 5) is 5.13. The van der Waals surface area contributed by atoms with E-state index in [9.17, 15) is 0 Å². The minimum Gasteiger partial charge on any atom is -0.243 e. The van der Waals surface area contributed by atoms with Gasteiger partial charge in [-0.3, -0.25) is 0 Å². The summed E-state index contributed by atoms with van der Waals surface area (Å²) < 4.78 is 4.01. The largest absolute Gasteiger partial charge is 0.243 e. The van der Waals surface area contributed by atoms with Gasteiger partial charge in [0, 0.05) is 28.6 Å². The third-order valence-electron chi connectivity index (χ3n) is 1.40. The number of hydrogen-bond donors (Lipinski definition) is 0. The average molecular weight is 162 g/mol. The summed E-state index contributed by atoms with van der Waals surface area (Å²) in [6.07, 6.45) is 3.38. The van der Waals surface area contributed by atoms with E-state index in [2.05, 4.69) is 9.39 Å². The molecule has 0 saturated carbocycles. The van der Waals surface area contributed by atoms with Gasteiger partial charge in [0.15, 0.2) is 0 Å². The second-order valence-corrected chi connectivity index (χ2v) is 2.96. The highest BCUT2D eigenvalue weighted by Gasteiger charge is 1.99. The molecule has 1 heterocycles. The van der Waals surface area contributed by atoms with Crippen LogP contribution in [-0.2, 0) is 0 Å². The third kappa shape index (κ3) is 1.33. The zero-order chi connectivity index (χ0) is 7.52. The third-order valence-corrected chi connectivity index (χ3v) is 2.17. The van der Waals surface area contributed by atoms with Gasteiger partial charge in [0.1, 0.15) is 6.34 Å². The maximum Gasteiger partial charge on any atom is 0.124 e. The molecule has 1 aromatic carbocycles. The molecule has 0 N–H and O–H groups in total. The standard InChI is InChI=1S/C8H6N2S/c1-2-4-8-7(3-1)5-9-6-10-11-8/h1-6H. The van der Waals surface area contributed by atoms with Gasteiger partial charge < -0.3 is 0 Å². The SMILES string of the molecule is C1=NC=NSc2ccccc21. The summed E-state index contributed by atoms with van der Waals surface area (Å²) in [7, 11) is 0. The Bertz CT molecular complexity index is 318. The Morgan fingerprint density at radius 3 is 3.09 bits per heavy atom. The zero-order valence-corrected chi connectivity index (χ0v) is 6.58. The van der Waals surface area contributed by atoms with Crippen LogP contribution in [0.15, 0.2) is 38.6 Å². The summed E-state index contributed by atoms with van der Waals surface area (Å²) in [5, 5.41) is 0. The smallest absolute Gasteiger partial charge is 0.124 e. The predicted octanol–water partition coefficient (Wildman–Crippen LogP) is 2.15. The normalized spacial score (nSPS) is 14.2. The highest BCUT2D eigenvalue weighted by atomic mass is 32.2. The second-order valence-electron chi connectivity index (χ2n) is 2.13. The molecular weight excluding hydrogens is 156 g/mol. The summed E-state index contributed by atoms with van der Waals surface area (Å²) in [5.41, 5.74) is 1.13. The minimum absolute atomic E-state index is 1.13. The molecule has 0 unspecified atom stereocenters. The Balaban J connectivity index is 2.52. The van der Waals surface area contributed by atoms with Crippen LogP contribution < -0.4 is 0 Å². The van der Waals surface area contributed by atoms with Gasteiger partial charge in [0.2, 0.25) is 0 Å². The van der Waals surface area contributed by atoms with Gasteiger partial charge in [-0.2, -0.15) is 4.40 Å². The van der Waals surface area contributed by atoms with Gasteiger partial charge in [0.25, 0.3) is 0 Å². The van der Waals surface area contributed by atoms with Crippen molar-refractivity contribution in [3.63, 3.8) is 0 Å². The van der Waals surface area contributed by atoms with Crippen LogP contribution in [-0.4, -0.2) is 12.6 Å². The van der Waals surface area contributed by atoms with Crippen LogP contribution in [0.1, 0.15) is 5.56 Å². The Morgan fingerprint density at radius 2 is 2.09 bits per heavy atom. The molecule has 0 aromatic heterocycles. The fraction of sp³-hybridized carbons (Fsp3) is 0. The molecule has 0 bridgehead atoms. The van der Waals surface area contributed by atoms with Crippen LogP contribution in [0.2, 0.25) is 0 Å². The van der Waals surface area contributed by atoms with Crippen molar-refractivity contribution < 1.29 is 0 Å². The summed E-state index contributed by atoms with van der Waals surface area (Å²) in [6, 6.07) is 8.06. The lowest BCUT2D eigenvalue weighted by atomic mass is 10.2. The number of fused-ring (bicyclic) bond motifs is 1. The van der Waals surface area contributed by atoms with E-state index in [1.54, 1.807) is 6.34 Å². The van der Waals surface area contributed by atoms with E-state index in [4.69, 9.17) is 0 Å². The van der Waals surface area contributed by atoms with Crippen molar-refractivity contribution in [2.75, 3.05) is 0 Å². The molecule has 0 spiro atoms. The van der Waals surface area contributed by atoms with Crippen LogP contribution in [0.4, 0.5) is 0 Å². The van der Waals surface area contributed by atoms with Crippen LogP contribution in [0, 0.1) is 0 Å². The fourth-order valence-electron chi connectivity index (χ4n) is 0.892. The summed E-state index contributed by atoms with van der Waals surface area (Å²) in [6.45, 7) is 0. The van der Waals surface area contributed by atoms with Gasteiger partial charge >= 0.3 is 0 Å². The number of nitrogens with zero attached hydrogens (tertiary/aromatic N) is 2. The predicted molar refractivity (Wildman–Crippen MR) is 48.4 cm³/mol. The second kappa shape index (κ2) is 2.88. The highest BCUT2D eigenvalue weighted by molar-refractivity contribution is 7.98. The molecule has 2 nitrogen and oxygen atoms in total. The molecule has 0 fully saturated rings. The van der Waals surface area contributed by atoms with Gasteiger partial charge in [0.05, 0.1) is 0 Å². The van der Waals surface area contributed by atoms with E-state index >= 15 is 0 Å². The highest BCUT2D eigenvalue weighted by Crippen LogP contribution is 2.22. The van der Waals surface area contributed by atoms with Crippen molar-refractivity contribution in [3.8, 4) is 0 Å². The van der Waals surface area contributed by atoms with Crippen LogP contribution >= 0.6 is 11.9 Å². The zero-order valence-electron chi connectivity index (χ0n) is 5.77. The van der Waals surface area contributed by atoms with Crippen molar-refractivity contribution in [3.05, 3.63) is 29.8 Å². The topological polar surface area (TPSA) is 24.7 Å². The van der Waals surface area contributed by atoms with Crippen molar-refractivity contribution in [2.24, 2.45) is 9.39 Å². The van der Waals surface area contributed by atoms with Crippen LogP contribution in [0.25, 0.3) is 0 Å². The van der Waals surface area contributed by atoms with Crippen LogP contribution in [0.3, 0.4) is 0 Å². The first-order valence-corrected chi connectivity index (χ1v) is 4.05. The Hall–Kier alpha value is -1.09. The summed E-state index contributed by atoms with van der Waals surface area (Å²) in [5.74, 6) is 0. The lowest BCUT2D eigenvalue weighted by molar-refractivity contribution is 1.44. The number of benzene rings is 1. The minimum atomic E-state index is 1.13. The maximum absolute atomic E-state index is 4.01. The summed E-state index contributed by atoms with van der Waals surface area (Å²) >= 11 is 1.45. The first kappa shape index (κ1) is 6.61. The fourth-order valence-corrected chi connectivity index (χ4v) is 1.47. The first-order valence-electron chi connectivity index (χ1n) is 3.28. The van der Waals surface area contributed by atoms with E-state index < -0.39 is 0 Å². The van der Waals surface area contributed by atoms with E-state index in [1.165, 1.54) is 11.9 Å². The molecule has 11 heavy (non-hydrogen) atoms.